The number of para-hydroxylation sites is 2. The molecule has 0 saturated heterocycles. The molecule has 0 bridgehead atoms. The Balaban J connectivity index is 1.49. The molecule has 0 radical (unpaired) electrons. The van der Waals surface area contributed by atoms with Gasteiger partial charge in [0, 0.05) is 12.7 Å². The largest absolute Gasteiger partial charge is 0.435 e. The normalized spacial score (nSPS) is 11.4. The maximum absolute atomic E-state index is 14.6. The van der Waals surface area contributed by atoms with Crippen molar-refractivity contribution in [1.29, 1.82) is 0 Å². The molecule has 36 heavy (non-hydrogen) atoms. The number of aryl methyl sites for hydroxylation is 1. The number of benzene rings is 2. The van der Waals surface area contributed by atoms with Crippen molar-refractivity contribution in [3.05, 3.63) is 77.7 Å². The molecule has 0 atom stereocenters. The highest BCUT2D eigenvalue weighted by Crippen LogP contribution is 2.27. The van der Waals surface area contributed by atoms with Crippen LogP contribution in [0.2, 0.25) is 0 Å². The minimum atomic E-state index is -4.39. The lowest BCUT2D eigenvalue weighted by Gasteiger charge is -2.12. The summed E-state index contributed by atoms with van der Waals surface area (Å²) in [5.41, 5.74) is 6.36. The van der Waals surface area contributed by atoms with Crippen LogP contribution >= 0.6 is 0 Å². The van der Waals surface area contributed by atoms with Crippen LogP contribution < -0.4 is 15.8 Å². The fourth-order valence-corrected chi connectivity index (χ4v) is 3.49. The Bertz CT molecular complexity index is 1440. The van der Waals surface area contributed by atoms with Crippen LogP contribution in [0.5, 0.6) is 11.6 Å². The van der Waals surface area contributed by atoms with Gasteiger partial charge < -0.3 is 15.0 Å². The van der Waals surface area contributed by atoms with E-state index in [2.05, 4.69) is 15.3 Å². The Morgan fingerprint density at radius 2 is 1.86 bits per heavy atom. The summed E-state index contributed by atoms with van der Waals surface area (Å²) in [6.45, 7) is -0.429. The number of anilines is 1. The Morgan fingerprint density at radius 1 is 1.08 bits per heavy atom. The number of halogens is 4. The number of carbonyl (C=O) groups excluding carboxylic acids is 2. The number of alkyl halides is 3. The number of hydrogen-bond donors (Lipinski definition) is 2. The van der Waals surface area contributed by atoms with Gasteiger partial charge >= 0.3 is 6.18 Å². The number of nitrogens with two attached hydrogens (primary N) is 1. The van der Waals surface area contributed by atoms with Crippen LogP contribution in [0.15, 0.2) is 60.8 Å². The van der Waals surface area contributed by atoms with E-state index < -0.39 is 36.8 Å². The van der Waals surface area contributed by atoms with Gasteiger partial charge in [-0.2, -0.15) is 13.2 Å². The molecule has 2 aromatic carbocycles. The van der Waals surface area contributed by atoms with Gasteiger partial charge in [-0.25, -0.2) is 14.4 Å². The second-order valence-corrected chi connectivity index (χ2v) is 7.75. The Hall–Kier alpha value is -4.48. The number of primary amides is 1. The number of amides is 2. The summed E-state index contributed by atoms with van der Waals surface area (Å²) in [6.07, 6.45) is -4.42. The molecule has 186 valence electrons. The van der Waals surface area contributed by atoms with E-state index >= 15 is 0 Å². The first kappa shape index (κ1) is 24.6. The fraction of sp³-hybridized carbons (Fsp3) is 0.167. The maximum atomic E-state index is 14.6. The van der Waals surface area contributed by atoms with Gasteiger partial charge in [0.25, 0.3) is 5.91 Å². The van der Waals surface area contributed by atoms with Crippen molar-refractivity contribution < 1.29 is 31.9 Å². The highest BCUT2D eigenvalue weighted by molar-refractivity contribution is 5.95. The van der Waals surface area contributed by atoms with E-state index in [0.29, 0.717) is 11.0 Å². The quantitative estimate of drug-likeness (QED) is 0.343. The van der Waals surface area contributed by atoms with Crippen LogP contribution in [0.3, 0.4) is 0 Å². The number of nitrogens with one attached hydrogen (secondary N) is 1. The topological polar surface area (TPSA) is 112 Å². The van der Waals surface area contributed by atoms with E-state index in [9.17, 15) is 27.2 Å². The smallest absolute Gasteiger partial charge is 0.390 e. The van der Waals surface area contributed by atoms with Crippen LogP contribution in [0, 0.1) is 5.82 Å². The molecular formula is C24H19F4N5O3. The van der Waals surface area contributed by atoms with E-state index in [0.717, 1.165) is 6.07 Å². The zero-order chi connectivity index (χ0) is 25.9. The number of hydrogen-bond acceptors (Lipinski definition) is 5. The monoisotopic (exact) mass is 501 g/mol. The van der Waals surface area contributed by atoms with Crippen molar-refractivity contribution in [2.45, 2.75) is 25.6 Å². The maximum Gasteiger partial charge on any atom is 0.390 e. The number of rotatable bonds is 8. The highest BCUT2D eigenvalue weighted by atomic mass is 19.4. The lowest BCUT2D eigenvalue weighted by molar-refractivity contribution is -0.136. The Labute approximate surface area is 201 Å². The molecule has 3 N–H and O–H groups in total. The third-order valence-electron chi connectivity index (χ3n) is 5.13. The predicted molar refractivity (Wildman–Crippen MR) is 122 cm³/mol. The SMILES string of the molecule is NC(=O)c1cccnc1Oc1ccc(CC(=O)Nc2nc3ccccc3n2CCC(F)(F)F)cc1F. The van der Waals surface area contributed by atoms with Crippen molar-refractivity contribution >= 4 is 28.8 Å². The number of imidazole rings is 1. The van der Waals surface area contributed by atoms with Gasteiger partial charge in [0.1, 0.15) is 5.56 Å². The first-order valence-corrected chi connectivity index (χ1v) is 10.6. The third kappa shape index (κ3) is 5.77. The molecule has 2 amide bonds. The van der Waals surface area contributed by atoms with E-state index in [1.165, 1.54) is 35.0 Å². The van der Waals surface area contributed by atoms with Gasteiger partial charge in [-0.15, -0.1) is 0 Å². The molecule has 0 fully saturated rings. The van der Waals surface area contributed by atoms with Crippen molar-refractivity contribution in [3.8, 4) is 11.6 Å². The van der Waals surface area contributed by atoms with Gasteiger partial charge in [0.15, 0.2) is 11.6 Å². The molecule has 0 unspecified atom stereocenters. The zero-order valence-electron chi connectivity index (χ0n) is 18.6. The Morgan fingerprint density at radius 3 is 2.58 bits per heavy atom. The second kappa shape index (κ2) is 10.0. The molecule has 0 saturated carbocycles. The summed E-state index contributed by atoms with van der Waals surface area (Å²) in [7, 11) is 0. The molecule has 0 spiro atoms. The standard InChI is InChI=1S/C24H19F4N5O3/c25-16-12-14(7-8-19(16)36-22-15(21(29)35)4-3-10-30-22)13-20(34)32-23-31-17-5-1-2-6-18(17)33(23)11-9-24(26,27)28/h1-8,10,12H,9,11,13H2,(H2,29,35)(H,31,32,34). The van der Waals surface area contributed by atoms with Gasteiger partial charge in [0.05, 0.1) is 23.9 Å². The van der Waals surface area contributed by atoms with Crippen LogP contribution in [0.1, 0.15) is 22.3 Å². The summed E-state index contributed by atoms with van der Waals surface area (Å²) in [5.74, 6) is -2.68. The first-order chi connectivity index (χ1) is 17.1. The molecule has 2 aromatic heterocycles. The molecule has 4 aromatic rings. The van der Waals surface area contributed by atoms with Crippen molar-refractivity contribution in [1.82, 2.24) is 14.5 Å². The summed E-state index contributed by atoms with van der Waals surface area (Å²) in [6, 6.07) is 13.2. The predicted octanol–water partition coefficient (Wildman–Crippen LogP) is 4.60. The van der Waals surface area contributed by atoms with Crippen LogP contribution in [0.4, 0.5) is 23.5 Å². The van der Waals surface area contributed by atoms with Crippen molar-refractivity contribution in [3.63, 3.8) is 0 Å². The van der Waals surface area contributed by atoms with Crippen molar-refractivity contribution in [2.75, 3.05) is 5.32 Å². The second-order valence-electron chi connectivity index (χ2n) is 7.75. The number of carbonyl (C=O) groups is 2. The molecule has 12 heteroatoms. The third-order valence-corrected chi connectivity index (χ3v) is 5.13. The van der Waals surface area contributed by atoms with E-state index in [1.807, 2.05) is 0 Å². The molecule has 8 nitrogen and oxygen atoms in total. The van der Waals surface area contributed by atoms with Crippen molar-refractivity contribution in [2.24, 2.45) is 5.73 Å². The summed E-state index contributed by atoms with van der Waals surface area (Å²) < 4.78 is 59.7. The minimum absolute atomic E-state index is 0.0335. The van der Waals surface area contributed by atoms with E-state index in [1.54, 1.807) is 24.3 Å². The number of ether oxygens (including phenoxy) is 1. The molecule has 2 heterocycles. The summed E-state index contributed by atoms with van der Waals surface area (Å²) >= 11 is 0. The number of nitrogens with zero attached hydrogens (tertiary/aromatic N) is 3. The number of pyridine rings is 1. The highest BCUT2D eigenvalue weighted by Gasteiger charge is 2.28. The first-order valence-electron chi connectivity index (χ1n) is 10.6. The molecular weight excluding hydrogens is 482 g/mol. The van der Waals surface area contributed by atoms with Gasteiger partial charge in [-0.05, 0) is 42.0 Å². The lowest BCUT2D eigenvalue weighted by atomic mass is 10.1. The van der Waals surface area contributed by atoms with E-state index in [-0.39, 0.29) is 35.1 Å². The van der Waals surface area contributed by atoms with Crippen LogP contribution in [0.25, 0.3) is 11.0 Å². The Kier molecular flexibility index (Phi) is 6.86. The minimum Gasteiger partial charge on any atom is -0.435 e. The van der Waals surface area contributed by atoms with Crippen LogP contribution in [-0.2, 0) is 17.8 Å². The summed E-state index contributed by atoms with van der Waals surface area (Å²) in [5, 5.41) is 2.51. The number of fused-ring (bicyclic) bond motifs is 1. The molecule has 0 aliphatic heterocycles. The molecule has 4 rings (SSSR count). The van der Waals surface area contributed by atoms with E-state index in [4.69, 9.17) is 10.5 Å². The number of aromatic nitrogens is 3. The van der Waals surface area contributed by atoms with Gasteiger partial charge in [-0.1, -0.05) is 18.2 Å². The lowest BCUT2D eigenvalue weighted by Crippen LogP contribution is -2.19. The zero-order valence-corrected chi connectivity index (χ0v) is 18.6. The van der Waals surface area contributed by atoms with Crippen LogP contribution in [-0.4, -0.2) is 32.5 Å². The molecule has 0 aliphatic carbocycles. The average Bonchev–Trinajstić information content (AvgIpc) is 3.16. The van der Waals surface area contributed by atoms with Gasteiger partial charge in [-0.3, -0.25) is 14.9 Å². The molecule has 0 aliphatic rings. The van der Waals surface area contributed by atoms with Gasteiger partial charge in [0.2, 0.25) is 17.7 Å². The summed E-state index contributed by atoms with van der Waals surface area (Å²) in [4.78, 5) is 32.2. The fourth-order valence-electron chi connectivity index (χ4n) is 3.49. The average molecular weight is 501 g/mol.